The van der Waals surface area contributed by atoms with E-state index in [9.17, 15) is 4.79 Å². The number of aliphatic carboxylic acids is 1. The number of carboxylic acid groups (broad SMARTS) is 1. The maximum Gasteiger partial charge on any atom is 2.00 e. The monoisotopic (exact) mass is 377 g/mol. The van der Waals surface area contributed by atoms with Crippen LogP contribution in [0.3, 0.4) is 0 Å². The fraction of sp³-hybridized carbons (Fsp3) is 0.833. The van der Waals surface area contributed by atoms with E-state index in [4.69, 9.17) is 5.11 Å². The molecular weight excluding hydrogens is 364 g/mol. The van der Waals surface area contributed by atoms with Crippen molar-refractivity contribution in [3.63, 3.8) is 0 Å². The maximum absolute atomic E-state index is 9.87. The molecule has 0 aliphatic heterocycles. The van der Waals surface area contributed by atoms with Gasteiger partial charge < -0.3 is 7.96 Å². The molecule has 0 aromatic heterocycles. The van der Waals surface area contributed by atoms with Crippen LogP contribution in [0, 0.1) is 0 Å². The van der Waals surface area contributed by atoms with Crippen molar-refractivity contribution >= 4 is 54.9 Å². The van der Waals surface area contributed by atoms with E-state index >= 15 is 0 Å². The fourth-order valence-corrected chi connectivity index (χ4v) is 0.526. The van der Waals surface area contributed by atoms with Gasteiger partial charge in [0.05, 0.1) is 0 Å². The number of carbonyl (C=O) groups is 1. The molecule has 0 heterocycles. The molecule has 0 rings (SSSR count). The van der Waals surface area contributed by atoms with Crippen molar-refractivity contribution in [2.45, 2.75) is 32.6 Å². The minimum absolute atomic E-state index is 0. The Hall–Kier alpha value is 2.05. The Morgan fingerprint density at radius 3 is 2.18 bits per heavy atom. The molecule has 0 unspecified atom stereocenters. The summed E-state index contributed by atoms with van der Waals surface area (Å²) in [4.78, 5) is 9.87. The van der Waals surface area contributed by atoms with Gasteiger partial charge in [0.2, 0.25) is 0 Å². The van der Waals surface area contributed by atoms with Crippen molar-refractivity contribution in [1.29, 1.82) is 0 Å². The average Bonchev–Trinajstić information content (AvgIpc) is 1.66. The molecule has 0 aromatic carbocycles. The van der Waals surface area contributed by atoms with Gasteiger partial charge in [0, 0.05) is 40.0 Å². The quantitative estimate of drug-likeness (QED) is 0.595. The van der Waals surface area contributed by atoms with Gasteiger partial charge in [0.25, 0.3) is 0 Å². The van der Waals surface area contributed by atoms with Crippen LogP contribution >= 0.6 is 0 Å². The summed E-state index contributed by atoms with van der Waals surface area (Å²) in [6.07, 6.45) is 3.28. The van der Waals surface area contributed by atoms with Gasteiger partial charge in [-0.3, -0.25) is 4.79 Å². The summed E-state index contributed by atoms with van der Waals surface area (Å²) in [6.45, 7) is 2.06. The van der Waals surface area contributed by atoms with E-state index in [1.54, 1.807) is 0 Å². The van der Waals surface area contributed by atoms with Gasteiger partial charge in [-0.05, 0) is 6.42 Å². The Kier molecular flexibility index (Phi) is 37.8. The standard InChI is InChI=1S/C6H12O2.Ba.Cu.Ni.2H/c1-2-3-4-5-6(7)8;;;;;/h2-5H2,1H3,(H,7,8);;;;;/q;+2;;;2*-1. The Morgan fingerprint density at radius 2 is 1.91 bits per heavy atom. The van der Waals surface area contributed by atoms with Crippen LogP contribution in [0.25, 0.3) is 0 Å². The molecule has 0 aromatic rings. The molecule has 0 aliphatic carbocycles. The first-order valence-corrected chi connectivity index (χ1v) is 2.99. The summed E-state index contributed by atoms with van der Waals surface area (Å²) in [5.74, 6) is -0.682. The maximum atomic E-state index is 9.87. The zero-order chi connectivity index (χ0) is 6.41. The van der Waals surface area contributed by atoms with E-state index in [2.05, 4.69) is 6.92 Å². The average molecular weight is 378 g/mol. The normalized spacial score (nSPS) is 6.64. The predicted octanol–water partition coefficient (Wildman–Crippen LogP) is 1.49. The predicted molar refractivity (Wildman–Crippen MR) is 39.8 cm³/mol. The minimum atomic E-state index is -0.682. The second kappa shape index (κ2) is 18.0. The van der Waals surface area contributed by atoms with Crippen molar-refractivity contribution in [2.75, 3.05) is 0 Å². The molecule has 1 radical (unpaired) electrons. The molecule has 0 saturated carbocycles. The third-order valence-electron chi connectivity index (χ3n) is 0.994. The van der Waals surface area contributed by atoms with Gasteiger partial charge in [-0.15, -0.1) is 0 Å². The van der Waals surface area contributed by atoms with E-state index < -0.39 is 5.97 Å². The van der Waals surface area contributed by atoms with Crippen molar-refractivity contribution < 1.29 is 46.3 Å². The van der Waals surface area contributed by atoms with Crippen LogP contribution in [-0.2, 0) is 38.4 Å². The van der Waals surface area contributed by atoms with Crippen LogP contribution in [0.4, 0.5) is 0 Å². The molecule has 1 N–H and O–H groups in total. The summed E-state index contributed by atoms with van der Waals surface area (Å²) in [5.41, 5.74) is 0. The molecule has 0 amide bonds. The van der Waals surface area contributed by atoms with Crippen molar-refractivity contribution in [1.82, 2.24) is 0 Å². The molecule has 0 bridgehead atoms. The molecule has 2 nitrogen and oxygen atoms in total. The summed E-state index contributed by atoms with van der Waals surface area (Å²) < 4.78 is 0. The van der Waals surface area contributed by atoms with E-state index in [-0.39, 0.29) is 85.3 Å². The van der Waals surface area contributed by atoms with Crippen LogP contribution < -0.4 is 0 Å². The van der Waals surface area contributed by atoms with E-state index in [1.807, 2.05) is 0 Å². The number of unbranched alkanes of at least 4 members (excludes halogenated alkanes) is 2. The number of hydrogen-bond donors (Lipinski definition) is 1. The Labute approximate surface area is 132 Å². The summed E-state index contributed by atoms with van der Waals surface area (Å²) in [6, 6.07) is 0. The van der Waals surface area contributed by atoms with Gasteiger partial charge in [-0.1, -0.05) is 19.8 Å². The van der Waals surface area contributed by atoms with Crippen LogP contribution in [-0.4, -0.2) is 60.0 Å². The largest absolute Gasteiger partial charge is 2.00 e. The second-order valence-electron chi connectivity index (χ2n) is 1.85. The Morgan fingerprint density at radius 1 is 1.45 bits per heavy atom. The summed E-state index contributed by atoms with van der Waals surface area (Å²) in [5, 5.41) is 8.14. The fourth-order valence-electron chi connectivity index (χ4n) is 0.526. The van der Waals surface area contributed by atoms with E-state index in [1.165, 1.54) is 0 Å². The molecule has 0 atom stereocenters. The minimum Gasteiger partial charge on any atom is -1.00 e. The Balaban J connectivity index is -0.0000000245. The molecule has 0 fully saturated rings. The third-order valence-corrected chi connectivity index (χ3v) is 0.994. The molecule has 0 saturated heterocycles. The number of carboxylic acids is 1. The third kappa shape index (κ3) is 24.5. The van der Waals surface area contributed by atoms with Crippen molar-refractivity contribution in [3.05, 3.63) is 0 Å². The molecule has 0 aliphatic rings. The van der Waals surface area contributed by atoms with E-state index in [0.717, 1.165) is 19.3 Å². The molecule has 0 spiro atoms. The first-order valence-electron chi connectivity index (χ1n) is 2.99. The topological polar surface area (TPSA) is 37.3 Å². The van der Waals surface area contributed by atoms with Gasteiger partial charge in [0.15, 0.2) is 0 Å². The van der Waals surface area contributed by atoms with Crippen LogP contribution in [0.15, 0.2) is 0 Å². The number of rotatable bonds is 4. The van der Waals surface area contributed by atoms with Crippen molar-refractivity contribution in [3.8, 4) is 0 Å². The van der Waals surface area contributed by atoms with Gasteiger partial charge in [0.1, 0.15) is 0 Å². The van der Waals surface area contributed by atoms with Gasteiger partial charge in [-0.2, -0.15) is 0 Å². The van der Waals surface area contributed by atoms with Crippen LogP contribution in [0.5, 0.6) is 0 Å². The van der Waals surface area contributed by atoms with Gasteiger partial charge in [-0.25, -0.2) is 0 Å². The molecular formula is C6H14BaCuNiO2. The summed E-state index contributed by atoms with van der Waals surface area (Å²) >= 11 is 0. The molecule has 11 heavy (non-hydrogen) atoms. The molecule has 73 valence electrons. The SMILES string of the molecule is CCCCCC(=O)O.[Ba+2].[Cu].[H-].[H-].[Ni]. The van der Waals surface area contributed by atoms with Crippen molar-refractivity contribution in [2.24, 2.45) is 0 Å². The Bertz CT molecular complexity index is 91.0. The number of hydrogen-bond acceptors (Lipinski definition) is 1. The van der Waals surface area contributed by atoms with Gasteiger partial charge >= 0.3 is 54.9 Å². The van der Waals surface area contributed by atoms with Crippen LogP contribution in [0.2, 0.25) is 0 Å². The first kappa shape index (κ1) is 23.1. The van der Waals surface area contributed by atoms with Crippen LogP contribution in [0.1, 0.15) is 35.5 Å². The zero-order valence-corrected chi connectivity index (χ0v) is 12.9. The summed E-state index contributed by atoms with van der Waals surface area (Å²) in [7, 11) is 0. The second-order valence-corrected chi connectivity index (χ2v) is 1.85. The molecule has 5 heteroatoms. The first-order chi connectivity index (χ1) is 3.77. The zero-order valence-electron chi connectivity index (χ0n) is 8.51. The smallest absolute Gasteiger partial charge is 1.00 e. The van der Waals surface area contributed by atoms with E-state index in [0.29, 0.717) is 6.42 Å².